The molecule has 0 amide bonds. The Kier molecular flexibility index (Phi) is 5.38. The molecule has 0 spiro atoms. The number of hydrogen-bond donors (Lipinski definition) is 1. The molecule has 6 heteroatoms. The molecule has 1 heterocycles. The fourth-order valence-corrected chi connectivity index (χ4v) is 2.55. The van der Waals surface area contributed by atoms with E-state index in [1.807, 2.05) is 7.05 Å². The summed E-state index contributed by atoms with van der Waals surface area (Å²) >= 11 is 0. The maximum Gasteiger partial charge on any atom is 0.323 e. The molecule has 0 unspecified atom stereocenters. The van der Waals surface area contributed by atoms with Crippen LogP contribution in [0.15, 0.2) is 0 Å². The summed E-state index contributed by atoms with van der Waals surface area (Å²) in [4.78, 5) is 15.1. The Bertz CT molecular complexity index is 420. The van der Waals surface area contributed by atoms with Gasteiger partial charge in [0.05, 0.1) is 6.61 Å². The Morgan fingerprint density at radius 2 is 2.00 bits per heavy atom. The molecule has 112 valence electrons. The summed E-state index contributed by atoms with van der Waals surface area (Å²) in [5.41, 5.74) is 0. The first-order valence-electron chi connectivity index (χ1n) is 7.50. The van der Waals surface area contributed by atoms with Crippen LogP contribution in [0.4, 0.5) is 11.9 Å². The number of nitrogens with zero attached hydrogens (tertiary/aromatic N) is 4. The molecule has 1 saturated carbocycles. The van der Waals surface area contributed by atoms with Crippen molar-refractivity contribution in [2.45, 2.75) is 39.0 Å². The summed E-state index contributed by atoms with van der Waals surface area (Å²) in [6.07, 6.45) is 6.26. The minimum atomic E-state index is 0.402. The summed E-state index contributed by atoms with van der Waals surface area (Å²) in [6.45, 7) is 3.69. The van der Waals surface area contributed by atoms with E-state index in [1.165, 1.54) is 25.7 Å². The Balaban J connectivity index is 2.07. The molecule has 1 aliphatic carbocycles. The van der Waals surface area contributed by atoms with Gasteiger partial charge < -0.3 is 15.0 Å². The molecule has 0 atom stereocenters. The second kappa shape index (κ2) is 7.26. The lowest BCUT2D eigenvalue weighted by atomic mass is 10.1. The van der Waals surface area contributed by atoms with Crippen LogP contribution in [0.1, 0.15) is 39.0 Å². The standard InChI is InChI=1S/C14H25N5O/c1-4-9-20-14-17-12(15-2)16-13(18-14)19(3)10-11-7-5-6-8-11/h11H,4-10H2,1-3H3,(H,15,16,17,18). The van der Waals surface area contributed by atoms with Crippen LogP contribution in [0.3, 0.4) is 0 Å². The molecule has 0 saturated heterocycles. The third-order valence-corrected chi connectivity index (χ3v) is 3.61. The van der Waals surface area contributed by atoms with E-state index in [4.69, 9.17) is 4.74 Å². The van der Waals surface area contributed by atoms with Crippen molar-refractivity contribution < 1.29 is 4.74 Å². The highest BCUT2D eigenvalue weighted by Gasteiger charge is 2.19. The van der Waals surface area contributed by atoms with Gasteiger partial charge in [-0.15, -0.1) is 0 Å². The molecule has 0 aromatic carbocycles. The van der Waals surface area contributed by atoms with Crippen LogP contribution in [0.25, 0.3) is 0 Å². The van der Waals surface area contributed by atoms with Gasteiger partial charge in [0.15, 0.2) is 0 Å². The van der Waals surface area contributed by atoms with Crippen molar-refractivity contribution in [3.63, 3.8) is 0 Å². The van der Waals surface area contributed by atoms with E-state index >= 15 is 0 Å². The largest absolute Gasteiger partial charge is 0.463 e. The van der Waals surface area contributed by atoms with Gasteiger partial charge in [0.1, 0.15) is 0 Å². The molecule has 1 fully saturated rings. The van der Waals surface area contributed by atoms with Gasteiger partial charge >= 0.3 is 6.01 Å². The van der Waals surface area contributed by atoms with E-state index in [-0.39, 0.29) is 0 Å². The first kappa shape index (κ1) is 14.8. The molecular formula is C14H25N5O. The number of rotatable bonds is 7. The minimum absolute atomic E-state index is 0.402. The second-order valence-electron chi connectivity index (χ2n) is 5.37. The zero-order valence-electron chi connectivity index (χ0n) is 12.7. The fraction of sp³-hybridized carbons (Fsp3) is 0.786. The van der Waals surface area contributed by atoms with Gasteiger partial charge in [0.25, 0.3) is 0 Å². The van der Waals surface area contributed by atoms with E-state index in [9.17, 15) is 0 Å². The van der Waals surface area contributed by atoms with Gasteiger partial charge in [0, 0.05) is 20.6 Å². The minimum Gasteiger partial charge on any atom is -0.463 e. The summed E-state index contributed by atoms with van der Waals surface area (Å²) in [6, 6.07) is 0.402. The van der Waals surface area contributed by atoms with Crippen molar-refractivity contribution >= 4 is 11.9 Å². The third-order valence-electron chi connectivity index (χ3n) is 3.61. The van der Waals surface area contributed by atoms with Crippen LogP contribution in [0.5, 0.6) is 6.01 Å². The summed E-state index contributed by atoms with van der Waals surface area (Å²) in [7, 11) is 3.84. The van der Waals surface area contributed by atoms with Crippen molar-refractivity contribution in [1.82, 2.24) is 15.0 Å². The SMILES string of the molecule is CCCOc1nc(NC)nc(N(C)CC2CCCC2)n1. The second-order valence-corrected chi connectivity index (χ2v) is 5.37. The average Bonchev–Trinajstić information content (AvgIpc) is 2.97. The molecule has 1 aromatic rings. The van der Waals surface area contributed by atoms with Gasteiger partial charge in [-0.3, -0.25) is 0 Å². The van der Waals surface area contributed by atoms with E-state index in [0.29, 0.717) is 24.5 Å². The van der Waals surface area contributed by atoms with Crippen LogP contribution in [-0.4, -0.2) is 42.2 Å². The van der Waals surface area contributed by atoms with E-state index in [2.05, 4.69) is 32.1 Å². The number of nitrogens with one attached hydrogen (secondary N) is 1. The average molecular weight is 279 g/mol. The Morgan fingerprint density at radius 3 is 2.65 bits per heavy atom. The smallest absolute Gasteiger partial charge is 0.323 e. The zero-order valence-corrected chi connectivity index (χ0v) is 12.7. The van der Waals surface area contributed by atoms with Crippen molar-refractivity contribution in [2.24, 2.45) is 5.92 Å². The van der Waals surface area contributed by atoms with Crippen LogP contribution in [0.2, 0.25) is 0 Å². The summed E-state index contributed by atoms with van der Waals surface area (Å²) < 4.78 is 5.53. The van der Waals surface area contributed by atoms with E-state index in [1.54, 1.807) is 7.05 Å². The highest BCUT2D eigenvalue weighted by Crippen LogP contribution is 2.26. The fourth-order valence-electron chi connectivity index (χ4n) is 2.55. The van der Waals surface area contributed by atoms with Gasteiger partial charge in [-0.05, 0) is 25.2 Å². The molecule has 0 radical (unpaired) electrons. The van der Waals surface area contributed by atoms with Gasteiger partial charge in [0.2, 0.25) is 11.9 Å². The quantitative estimate of drug-likeness (QED) is 0.826. The van der Waals surface area contributed by atoms with E-state index < -0.39 is 0 Å². The summed E-state index contributed by atoms with van der Waals surface area (Å²) in [5.74, 6) is 2.00. The molecular weight excluding hydrogens is 254 g/mol. The Hall–Kier alpha value is -1.59. The Labute approximate surface area is 121 Å². The molecule has 6 nitrogen and oxygen atoms in total. The van der Waals surface area contributed by atoms with Gasteiger partial charge in [-0.2, -0.15) is 15.0 Å². The highest BCUT2D eigenvalue weighted by atomic mass is 16.5. The highest BCUT2D eigenvalue weighted by molar-refractivity contribution is 5.37. The van der Waals surface area contributed by atoms with Crippen molar-refractivity contribution in [2.75, 3.05) is 37.5 Å². The molecule has 2 rings (SSSR count). The third kappa shape index (κ3) is 3.95. The van der Waals surface area contributed by atoms with Crippen LogP contribution < -0.4 is 15.0 Å². The van der Waals surface area contributed by atoms with E-state index in [0.717, 1.165) is 18.9 Å². The van der Waals surface area contributed by atoms with Gasteiger partial charge in [-0.1, -0.05) is 19.8 Å². The lowest BCUT2D eigenvalue weighted by Gasteiger charge is -2.21. The number of hydrogen-bond acceptors (Lipinski definition) is 6. The zero-order chi connectivity index (χ0) is 14.4. The number of anilines is 2. The number of ether oxygens (including phenoxy) is 1. The summed E-state index contributed by atoms with van der Waals surface area (Å²) in [5, 5.41) is 2.96. The lowest BCUT2D eigenvalue weighted by molar-refractivity contribution is 0.292. The lowest BCUT2D eigenvalue weighted by Crippen LogP contribution is -2.26. The van der Waals surface area contributed by atoms with Crippen LogP contribution in [0, 0.1) is 5.92 Å². The Morgan fingerprint density at radius 1 is 1.25 bits per heavy atom. The van der Waals surface area contributed by atoms with Crippen LogP contribution >= 0.6 is 0 Å². The molecule has 1 N–H and O–H groups in total. The first-order chi connectivity index (χ1) is 9.72. The molecule has 1 aromatic heterocycles. The van der Waals surface area contributed by atoms with Gasteiger partial charge in [-0.25, -0.2) is 0 Å². The van der Waals surface area contributed by atoms with Crippen molar-refractivity contribution in [3.8, 4) is 6.01 Å². The maximum absolute atomic E-state index is 5.53. The number of aromatic nitrogens is 3. The van der Waals surface area contributed by atoms with Crippen molar-refractivity contribution in [3.05, 3.63) is 0 Å². The monoisotopic (exact) mass is 279 g/mol. The molecule has 0 aliphatic heterocycles. The maximum atomic E-state index is 5.53. The topological polar surface area (TPSA) is 63.2 Å². The normalized spacial score (nSPS) is 15.3. The van der Waals surface area contributed by atoms with Crippen molar-refractivity contribution in [1.29, 1.82) is 0 Å². The molecule has 20 heavy (non-hydrogen) atoms. The van der Waals surface area contributed by atoms with Crippen LogP contribution in [-0.2, 0) is 0 Å². The predicted molar refractivity (Wildman–Crippen MR) is 80.4 cm³/mol. The molecule has 0 bridgehead atoms. The first-order valence-corrected chi connectivity index (χ1v) is 7.50. The predicted octanol–water partition coefficient (Wildman–Crippen LogP) is 2.33. The molecule has 1 aliphatic rings.